The number of H-pyrrole nitrogens is 1. The van der Waals surface area contributed by atoms with Crippen LogP contribution in [-0.4, -0.2) is 52.6 Å². The normalized spacial score (nSPS) is 12.8. The third-order valence-corrected chi connectivity index (χ3v) is 5.00. The highest BCUT2D eigenvalue weighted by atomic mass is 31.2. The number of hydrogen-bond donors (Lipinski definition) is 3. The number of amides is 1. The van der Waals surface area contributed by atoms with Crippen LogP contribution in [-0.2, 0) is 25.0 Å². The summed E-state index contributed by atoms with van der Waals surface area (Å²) in [5.41, 5.74) is -1.27. The maximum absolute atomic E-state index is 12.2. The van der Waals surface area contributed by atoms with Crippen molar-refractivity contribution in [2.75, 3.05) is 25.9 Å². The lowest BCUT2D eigenvalue weighted by Crippen LogP contribution is -2.39. The highest BCUT2D eigenvalue weighted by Crippen LogP contribution is 2.48. The number of carbonyl (C=O) groups is 1. The molecule has 24 heavy (non-hydrogen) atoms. The summed E-state index contributed by atoms with van der Waals surface area (Å²) in [4.78, 5) is 36.2. The SMILES string of the molecule is CCOP(=O)(CC(O)CNC(=O)Cn1ccc(=O)[nH]c1=O)OCC. The molecule has 1 rings (SSSR count). The molecule has 0 aliphatic heterocycles. The minimum atomic E-state index is -3.41. The fourth-order valence-electron chi connectivity index (χ4n) is 1.87. The molecule has 0 aromatic carbocycles. The number of nitrogens with one attached hydrogen (secondary N) is 2. The number of carbonyl (C=O) groups excluding carboxylic acids is 1. The van der Waals surface area contributed by atoms with E-state index in [9.17, 15) is 24.1 Å². The first-order valence-corrected chi connectivity index (χ1v) is 9.15. The summed E-state index contributed by atoms with van der Waals surface area (Å²) in [6.07, 6.45) is -0.200. The molecule has 10 nitrogen and oxygen atoms in total. The Bertz CT molecular complexity index is 689. The fourth-order valence-corrected chi connectivity index (χ4v) is 3.59. The third-order valence-electron chi connectivity index (χ3n) is 2.83. The Balaban J connectivity index is 2.52. The van der Waals surface area contributed by atoms with Crippen LogP contribution in [0, 0.1) is 0 Å². The van der Waals surface area contributed by atoms with Crippen molar-refractivity contribution in [2.24, 2.45) is 0 Å². The van der Waals surface area contributed by atoms with Crippen molar-refractivity contribution in [3.05, 3.63) is 33.1 Å². The van der Waals surface area contributed by atoms with Crippen molar-refractivity contribution in [2.45, 2.75) is 26.5 Å². The number of rotatable bonds is 10. The van der Waals surface area contributed by atoms with Gasteiger partial charge in [-0.05, 0) is 13.8 Å². The van der Waals surface area contributed by atoms with Crippen molar-refractivity contribution < 1.29 is 23.5 Å². The van der Waals surface area contributed by atoms with Gasteiger partial charge < -0.3 is 19.5 Å². The van der Waals surface area contributed by atoms with Gasteiger partial charge in [0.15, 0.2) is 0 Å². The molecule has 1 atom stereocenters. The van der Waals surface area contributed by atoms with Gasteiger partial charge in [-0.25, -0.2) is 4.79 Å². The van der Waals surface area contributed by atoms with Crippen LogP contribution in [0.25, 0.3) is 0 Å². The Hall–Kier alpha value is -1.74. The van der Waals surface area contributed by atoms with Crippen LogP contribution in [0.3, 0.4) is 0 Å². The van der Waals surface area contributed by atoms with Gasteiger partial charge in [0.2, 0.25) is 5.91 Å². The zero-order chi connectivity index (χ0) is 18.2. The van der Waals surface area contributed by atoms with Crippen LogP contribution in [0.15, 0.2) is 21.9 Å². The van der Waals surface area contributed by atoms with Crippen LogP contribution in [0.1, 0.15) is 13.8 Å². The van der Waals surface area contributed by atoms with Gasteiger partial charge in [0.1, 0.15) is 6.54 Å². The summed E-state index contributed by atoms with van der Waals surface area (Å²) < 4.78 is 23.4. The van der Waals surface area contributed by atoms with E-state index in [1.165, 1.54) is 6.20 Å². The number of aromatic nitrogens is 2. The molecule has 1 heterocycles. The molecule has 0 aliphatic carbocycles. The van der Waals surface area contributed by atoms with E-state index in [-0.39, 0.29) is 32.5 Å². The molecule has 1 amide bonds. The lowest BCUT2D eigenvalue weighted by molar-refractivity contribution is -0.122. The van der Waals surface area contributed by atoms with Crippen LogP contribution in [0.2, 0.25) is 0 Å². The maximum atomic E-state index is 12.2. The minimum Gasteiger partial charge on any atom is -0.391 e. The summed E-state index contributed by atoms with van der Waals surface area (Å²) in [5, 5.41) is 12.3. The largest absolute Gasteiger partial charge is 0.391 e. The van der Waals surface area contributed by atoms with E-state index in [0.29, 0.717) is 0 Å². The van der Waals surface area contributed by atoms with Crippen LogP contribution in [0.4, 0.5) is 0 Å². The van der Waals surface area contributed by atoms with Crippen molar-refractivity contribution in [3.63, 3.8) is 0 Å². The second kappa shape index (κ2) is 9.53. The molecule has 0 bridgehead atoms. The summed E-state index contributed by atoms with van der Waals surface area (Å²) in [7, 11) is -3.41. The molecule has 0 radical (unpaired) electrons. The molecule has 3 N–H and O–H groups in total. The topological polar surface area (TPSA) is 140 Å². The molecule has 0 aliphatic rings. The maximum Gasteiger partial charge on any atom is 0.333 e. The van der Waals surface area contributed by atoms with Gasteiger partial charge in [0.05, 0.1) is 25.5 Å². The van der Waals surface area contributed by atoms with Gasteiger partial charge in [-0.15, -0.1) is 0 Å². The second-order valence-electron chi connectivity index (χ2n) is 4.82. The molecule has 0 saturated carbocycles. The van der Waals surface area contributed by atoms with Crippen LogP contribution < -0.4 is 16.6 Å². The zero-order valence-corrected chi connectivity index (χ0v) is 14.5. The van der Waals surface area contributed by atoms with Crippen LogP contribution in [0.5, 0.6) is 0 Å². The molecule has 0 saturated heterocycles. The highest BCUT2D eigenvalue weighted by Gasteiger charge is 2.27. The predicted molar refractivity (Wildman–Crippen MR) is 86.1 cm³/mol. The van der Waals surface area contributed by atoms with Crippen molar-refractivity contribution in [3.8, 4) is 0 Å². The van der Waals surface area contributed by atoms with Gasteiger partial charge in [-0.2, -0.15) is 0 Å². The molecular weight excluding hydrogens is 341 g/mol. The quantitative estimate of drug-likeness (QED) is 0.466. The van der Waals surface area contributed by atoms with Crippen molar-refractivity contribution >= 4 is 13.5 Å². The first-order chi connectivity index (χ1) is 11.3. The predicted octanol–water partition coefficient (Wildman–Crippen LogP) is -0.720. The van der Waals surface area contributed by atoms with E-state index in [1.54, 1.807) is 13.8 Å². The van der Waals surface area contributed by atoms with Gasteiger partial charge in [-0.1, -0.05) is 0 Å². The Labute approximate surface area is 138 Å². The molecule has 0 spiro atoms. The van der Waals surface area contributed by atoms with E-state index in [4.69, 9.17) is 9.05 Å². The highest BCUT2D eigenvalue weighted by molar-refractivity contribution is 7.53. The molecule has 1 unspecified atom stereocenters. The van der Waals surface area contributed by atoms with Crippen molar-refractivity contribution in [1.82, 2.24) is 14.9 Å². The zero-order valence-electron chi connectivity index (χ0n) is 13.6. The molecule has 11 heteroatoms. The Morgan fingerprint density at radius 1 is 1.38 bits per heavy atom. The average Bonchev–Trinajstić information content (AvgIpc) is 2.48. The van der Waals surface area contributed by atoms with E-state index in [2.05, 4.69) is 5.32 Å². The molecular formula is C13H22N3O7P. The Morgan fingerprint density at radius 2 is 2.00 bits per heavy atom. The summed E-state index contributed by atoms with van der Waals surface area (Å²) in [5.74, 6) is -0.550. The lowest BCUT2D eigenvalue weighted by atomic mass is 10.4. The summed E-state index contributed by atoms with van der Waals surface area (Å²) in [6, 6.07) is 1.12. The smallest absolute Gasteiger partial charge is 0.333 e. The van der Waals surface area contributed by atoms with Crippen LogP contribution >= 0.6 is 7.60 Å². The van der Waals surface area contributed by atoms with E-state index in [0.717, 1.165) is 10.6 Å². The average molecular weight is 363 g/mol. The number of hydrogen-bond acceptors (Lipinski definition) is 7. The standard InChI is InChI=1S/C13H22N3O7P/c1-3-22-24(21,23-4-2)9-10(17)7-14-12(19)8-16-6-5-11(18)15-13(16)20/h5-6,10,17H,3-4,7-9H2,1-2H3,(H,14,19)(H,15,18,20). The van der Waals surface area contributed by atoms with Gasteiger partial charge in [-0.3, -0.25) is 23.7 Å². The van der Waals surface area contributed by atoms with Gasteiger partial charge in [0.25, 0.3) is 5.56 Å². The van der Waals surface area contributed by atoms with Gasteiger partial charge >= 0.3 is 13.3 Å². The molecule has 1 aromatic rings. The molecule has 1 aromatic heterocycles. The Morgan fingerprint density at radius 3 is 2.54 bits per heavy atom. The fraction of sp³-hybridized carbons (Fsp3) is 0.615. The number of nitrogens with zero attached hydrogens (tertiary/aromatic N) is 1. The van der Waals surface area contributed by atoms with E-state index >= 15 is 0 Å². The number of aliphatic hydroxyl groups is 1. The molecule has 0 fully saturated rings. The monoisotopic (exact) mass is 363 g/mol. The minimum absolute atomic E-state index is 0.172. The second-order valence-corrected chi connectivity index (χ2v) is 6.93. The van der Waals surface area contributed by atoms with Gasteiger partial charge in [0, 0.05) is 18.8 Å². The van der Waals surface area contributed by atoms with E-state index < -0.39 is 30.9 Å². The number of aliphatic hydroxyl groups excluding tert-OH is 1. The first kappa shape index (κ1) is 20.3. The summed E-state index contributed by atoms with van der Waals surface area (Å²) >= 11 is 0. The summed E-state index contributed by atoms with van der Waals surface area (Å²) in [6.45, 7) is 3.15. The first-order valence-electron chi connectivity index (χ1n) is 7.42. The van der Waals surface area contributed by atoms with E-state index in [1.807, 2.05) is 4.98 Å². The van der Waals surface area contributed by atoms with Crippen molar-refractivity contribution in [1.29, 1.82) is 0 Å². The third kappa shape index (κ3) is 6.79. The number of aromatic amines is 1. The Kier molecular flexibility index (Phi) is 8.06. The molecule has 136 valence electrons. The lowest BCUT2D eigenvalue weighted by Gasteiger charge is -2.20.